The Labute approximate surface area is 159 Å². The molecule has 0 fully saturated rings. The Bertz CT molecular complexity index is 797. The van der Waals surface area contributed by atoms with Crippen LogP contribution in [0.25, 0.3) is 17.2 Å². The first-order chi connectivity index (χ1) is 11.2. The third kappa shape index (κ3) is 5.19. The van der Waals surface area contributed by atoms with Crippen molar-refractivity contribution in [2.75, 3.05) is 5.32 Å². The molecule has 0 saturated heterocycles. The molecule has 0 saturated carbocycles. The molecule has 3 aromatic rings. The summed E-state index contributed by atoms with van der Waals surface area (Å²) in [5.74, 6) is 0.787. The van der Waals surface area contributed by atoms with E-state index < -0.39 is 0 Å². The van der Waals surface area contributed by atoms with E-state index in [1.54, 1.807) is 6.08 Å². The molecule has 1 heterocycles. The number of oxazole rings is 1. The average Bonchev–Trinajstić information content (AvgIpc) is 2.93. The molecule has 0 aliphatic rings. The molecule has 0 aliphatic carbocycles. The highest BCUT2D eigenvalue weighted by Gasteiger charge is 2.16. The molecule has 0 unspecified atom stereocenters. The molecular formula is C19H21IN2O2. The molecule has 3 rings (SSSR count). The predicted molar refractivity (Wildman–Crippen MR) is 92.9 cm³/mol. The molecule has 0 aliphatic heterocycles. The predicted octanol–water partition coefficient (Wildman–Crippen LogP) is 1.03. The first kappa shape index (κ1) is 19.9. The van der Waals surface area contributed by atoms with Gasteiger partial charge >= 0.3 is 5.89 Å². The lowest BCUT2D eigenvalue weighted by molar-refractivity contribution is -0.674. The van der Waals surface area contributed by atoms with E-state index in [9.17, 15) is 4.79 Å². The van der Waals surface area contributed by atoms with Crippen LogP contribution in [0.1, 0.15) is 19.7 Å². The summed E-state index contributed by atoms with van der Waals surface area (Å²) in [6.45, 7) is 8.21. The van der Waals surface area contributed by atoms with Gasteiger partial charge in [0.05, 0.1) is 0 Å². The van der Waals surface area contributed by atoms with Gasteiger partial charge in [-0.3, -0.25) is 4.79 Å². The summed E-state index contributed by atoms with van der Waals surface area (Å²) in [5, 5.41) is 2.67. The van der Waals surface area contributed by atoms with Crippen LogP contribution in [0.15, 0.2) is 65.6 Å². The van der Waals surface area contributed by atoms with Crippen LogP contribution in [0.4, 0.5) is 5.69 Å². The molecule has 4 nitrogen and oxygen atoms in total. The van der Waals surface area contributed by atoms with Crippen molar-refractivity contribution in [2.45, 2.75) is 20.4 Å². The van der Waals surface area contributed by atoms with Crippen LogP contribution in [0.5, 0.6) is 0 Å². The first-order valence-electron chi connectivity index (χ1n) is 7.52. The number of nitrogens with zero attached hydrogens (tertiary/aromatic N) is 1. The zero-order valence-electron chi connectivity index (χ0n) is 13.8. The van der Waals surface area contributed by atoms with Crippen molar-refractivity contribution in [3.05, 3.63) is 67.1 Å². The molecule has 0 radical (unpaired) electrons. The third-order valence-corrected chi connectivity index (χ3v) is 3.22. The van der Waals surface area contributed by atoms with Gasteiger partial charge in [0, 0.05) is 24.8 Å². The number of hydrogen-bond acceptors (Lipinski definition) is 2. The molecule has 1 N–H and O–H groups in total. The van der Waals surface area contributed by atoms with E-state index in [1.165, 1.54) is 6.92 Å². The average molecular weight is 436 g/mol. The molecule has 2 aromatic carbocycles. The number of aryl methyl sites for hydroxylation is 1. The molecule has 1 amide bonds. The van der Waals surface area contributed by atoms with Gasteiger partial charge in [-0.25, -0.2) is 0 Å². The van der Waals surface area contributed by atoms with Crippen LogP contribution in [-0.2, 0) is 11.3 Å². The summed E-state index contributed by atoms with van der Waals surface area (Å²) in [4.78, 5) is 10.5. The highest BCUT2D eigenvalue weighted by molar-refractivity contribution is 5.88. The van der Waals surface area contributed by atoms with Gasteiger partial charge in [0.15, 0.2) is 0 Å². The molecule has 5 heteroatoms. The van der Waals surface area contributed by atoms with E-state index in [-0.39, 0.29) is 29.9 Å². The molecule has 0 spiro atoms. The second-order valence-electron chi connectivity index (χ2n) is 4.90. The normalized spacial score (nSPS) is 9.42. The van der Waals surface area contributed by atoms with E-state index in [1.807, 2.05) is 48.5 Å². The molecule has 24 heavy (non-hydrogen) atoms. The Kier molecular flexibility index (Phi) is 8.18. The van der Waals surface area contributed by atoms with Crippen LogP contribution in [0.3, 0.4) is 0 Å². The number of fused-ring (bicyclic) bond motifs is 1. The summed E-state index contributed by atoms with van der Waals surface area (Å²) in [6, 6.07) is 17.4. The quantitative estimate of drug-likeness (QED) is 0.493. The van der Waals surface area contributed by atoms with E-state index in [4.69, 9.17) is 4.42 Å². The van der Waals surface area contributed by atoms with Crippen molar-refractivity contribution in [2.24, 2.45) is 0 Å². The van der Waals surface area contributed by atoms with Crippen molar-refractivity contribution < 1.29 is 37.8 Å². The monoisotopic (exact) mass is 436 g/mol. The molecular weight excluding hydrogens is 415 g/mol. The van der Waals surface area contributed by atoms with Crippen molar-refractivity contribution in [1.29, 1.82) is 0 Å². The zero-order chi connectivity index (χ0) is 16.7. The van der Waals surface area contributed by atoms with E-state index >= 15 is 0 Å². The fourth-order valence-corrected chi connectivity index (χ4v) is 2.26. The number of carbonyl (C=O) groups excluding carboxylic acids is 1. The van der Waals surface area contributed by atoms with Gasteiger partial charge in [-0.2, -0.15) is 4.57 Å². The Hall–Kier alpha value is -2.15. The summed E-state index contributed by atoms with van der Waals surface area (Å²) >= 11 is 0. The summed E-state index contributed by atoms with van der Waals surface area (Å²) < 4.78 is 7.68. The maximum Gasteiger partial charge on any atom is 0.373 e. The fraction of sp³-hybridized carbons (Fsp3) is 0.158. The van der Waals surface area contributed by atoms with Gasteiger partial charge < -0.3 is 33.7 Å². The van der Waals surface area contributed by atoms with Crippen molar-refractivity contribution in [3.63, 3.8) is 0 Å². The van der Waals surface area contributed by atoms with Gasteiger partial charge in [-0.1, -0.05) is 36.9 Å². The van der Waals surface area contributed by atoms with Crippen LogP contribution < -0.4 is 33.9 Å². The van der Waals surface area contributed by atoms with Gasteiger partial charge in [-0.05, 0) is 25.1 Å². The number of nitrogens with one attached hydrogen (secondary N) is 1. The number of anilines is 1. The number of aromatic nitrogens is 1. The van der Waals surface area contributed by atoms with Crippen LogP contribution in [0, 0.1) is 0 Å². The lowest BCUT2D eigenvalue weighted by atomic mass is 10.3. The fourth-order valence-electron chi connectivity index (χ4n) is 2.26. The maximum absolute atomic E-state index is 10.5. The van der Waals surface area contributed by atoms with Crippen molar-refractivity contribution >= 4 is 28.8 Å². The van der Waals surface area contributed by atoms with E-state index in [0.29, 0.717) is 0 Å². The summed E-state index contributed by atoms with van der Waals surface area (Å²) in [7, 11) is 0. The number of carbonyl (C=O) groups is 1. The first-order valence-corrected chi connectivity index (χ1v) is 7.52. The maximum atomic E-state index is 10.5. The summed E-state index contributed by atoms with van der Waals surface area (Å²) in [6.07, 6.45) is 1.74. The Morgan fingerprint density at radius 3 is 2.38 bits per heavy atom. The third-order valence-electron chi connectivity index (χ3n) is 3.22. The van der Waals surface area contributed by atoms with Gasteiger partial charge in [0.2, 0.25) is 11.5 Å². The number of hydrogen-bond donors (Lipinski definition) is 1. The van der Waals surface area contributed by atoms with Crippen LogP contribution in [0.2, 0.25) is 0 Å². The minimum Gasteiger partial charge on any atom is -1.00 e. The van der Waals surface area contributed by atoms with Gasteiger partial charge in [-0.15, -0.1) is 0 Å². The Balaban J connectivity index is 0.000000238. The smallest absolute Gasteiger partial charge is 0.373 e. The van der Waals surface area contributed by atoms with Gasteiger partial charge in [0.1, 0.15) is 6.54 Å². The highest BCUT2D eigenvalue weighted by Crippen LogP contribution is 2.13. The number of benzene rings is 2. The second kappa shape index (κ2) is 9.87. The molecule has 0 bridgehead atoms. The minimum absolute atomic E-state index is 0. The number of amides is 1. The molecule has 0 atom stereocenters. The lowest BCUT2D eigenvalue weighted by Gasteiger charge is -1.98. The van der Waals surface area contributed by atoms with Crippen LogP contribution >= 0.6 is 0 Å². The van der Waals surface area contributed by atoms with Crippen molar-refractivity contribution in [3.8, 4) is 0 Å². The summed E-state index contributed by atoms with van der Waals surface area (Å²) in [5.41, 5.74) is 2.88. The topological polar surface area (TPSA) is 46.1 Å². The largest absolute Gasteiger partial charge is 1.00 e. The van der Waals surface area contributed by atoms with E-state index in [2.05, 4.69) is 29.5 Å². The van der Waals surface area contributed by atoms with Gasteiger partial charge in [0.25, 0.3) is 5.52 Å². The van der Waals surface area contributed by atoms with Crippen LogP contribution in [-0.4, -0.2) is 5.91 Å². The van der Waals surface area contributed by atoms with Crippen molar-refractivity contribution in [1.82, 2.24) is 0 Å². The number of rotatable bonds is 3. The Morgan fingerprint density at radius 2 is 1.79 bits per heavy atom. The number of halogens is 1. The SMILES string of the molecule is C=Cc1oc2ccccc2[n+]1CC.CC(=O)Nc1ccccc1.[I-]. The second-order valence-corrected chi connectivity index (χ2v) is 4.90. The Morgan fingerprint density at radius 1 is 1.17 bits per heavy atom. The molecule has 1 aromatic heterocycles. The molecule has 126 valence electrons. The number of para-hydroxylation sites is 3. The standard InChI is InChI=1S/C11H12NO.C8H9NO.HI/c1-3-11-12(4-2)9-7-5-6-8-10(9)13-11;1-7(10)9-8-5-3-2-4-6-8;/h3,5-8H,1,4H2,2H3;2-6H,1H3,(H,9,10);1H/q+1;;/p-1. The zero-order valence-corrected chi connectivity index (χ0v) is 16.0. The van der Waals surface area contributed by atoms with E-state index in [0.717, 1.165) is 29.2 Å². The minimum atomic E-state index is -0.0359. The lowest BCUT2D eigenvalue weighted by Crippen LogP contribution is -3.00. The highest BCUT2D eigenvalue weighted by atomic mass is 127.